The Morgan fingerprint density at radius 2 is 2.17 bits per heavy atom. The van der Waals surface area contributed by atoms with E-state index in [1.54, 1.807) is 0 Å². The maximum atomic E-state index is 12.0. The first kappa shape index (κ1) is 17.9. The molecule has 0 aromatic rings. The molecule has 0 aromatic heterocycles. The van der Waals surface area contributed by atoms with Gasteiger partial charge in [0.25, 0.3) is 0 Å². The Balaban J connectivity index is 1.69. The van der Waals surface area contributed by atoms with Crippen molar-refractivity contribution in [1.82, 2.24) is 10.2 Å². The van der Waals surface area contributed by atoms with Crippen molar-refractivity contribution in [3.05, 3.63) is 11.6 Å². The van der Waals surface area contributed by atoms with Crippen molar-refractivity contribution in [3.63, 3.8) is 0 Å². The predicted octanol–water partition coefficient (Wildman–Crippen LogP) is 0.695. The molecule has 23 heavy (non-hydrogen) atoms. The summed E-state index contributed by atoms with van der Waals surface area (Å²) in [4.78, 5) is 25.0. The standard InChI is InChI=1S/C17H29N3O3/c18-15(21)11-17(23)8-4-10-20(13-17)12-16(22)19-9-7-14-5-2-1-3-6-14/h5,23H,1-4,6-13H2,(H2,18,21)(H,19,22). The highest BCUT2D eigenvalue weighted by Gasteiger charge is 2.35. The minimum absolute atomic E-state index is 0.0234. The first-order valence-electron chi connectivity index (χ1n) is 8.64. The molecular formula is C17H29N3O3. The summed E-state index contributed by atoms with van der Waals surface area (Å²) in [6.45, 7) is 2.03. The third-order valence-electron chi connectivity index (χ3n) is 4.66. The molecule has 1 unspecified atom stereocenters. The molecule has 1 heterocycles. The van der Waals surface area contributed by atoms with Gasteiger partial charge in [-0.25, -0.2) is 0 Å². The van der Waals surface area contributed by atoms with Crippen LogP contribution in [0.4, 0.5) is 0 Å². The van der Waals surface area contributed by atoms with E-state index >= 15 is 0 Å². The molecule has 0 spiro atoms. The smallest absolute Gasteiger partial charge is 0.234 e. The highest BCUT2D eigenvalue weighted by Crippen LogP contribution is 2.24. The van der Waals surface area contributed by atoms with Crippen LogP contribution >= 0.6 is 0 Å². The fourth-order valence-electron chi connectivity index (χ4n) is 3.56. The van der Waals surface area contributed by atoms with E-state index in [4.69, 9.17) is 5.73 Å². The summed E-state index contributed by atoms with van der Waals surface area (Å²) in [6.07, 6.45) is 9.36. The van der Waals surface area contributed by atoms with Crippen molar-refractivity contribution < 1.29 is 14.7 Å². The van der Waals surface area contributed by atoms with Crippen LogP contribution in [0.1, 0.15) is 51.4 Å². The van der Waals surface area contributed by atoms with Crippen molar-refractivity contribution in [2.24, 2.45) is 5.73 Å². The van der Waals surface area contributed by atoms with E-state index in [2.05, 4.69) is 11.4 Å². The van der Waals surface area contributed by atoms with E-state index in [1.807, 2.05) is 4.90 Å². The zero-order valence-corrected chi connectivity index (χ0v) is 13.9. The third kappa shape index (κ3) is 6.31. The number of amides is 2. The molecular weight excluding hydrogens is 294 g/mol. The number of primary amides is 1. The van der Waals surface area contributed by atoms with Gasteiger partial charge in [-0.2, -0.15) is 0 Å². The van der Waals surface area contributed by atoms with Crippen LogP contribution in [-0.4, -0.2) is 53.6 Å². The molecule has 1 aliphatic heterocycles. The van der Waals surface area contributed by atoms with Gasteiger partial charge in [-0.3, -0.25) is 14.5 Å². The highest BCUT2D eigenvalue weighted by molar-refractivity contribution is 5.78. The molecule has 2 rings (SSSR count). The van der Waals surface area contributed by atoms with Gasteiger partial charge in [0.2, 0.25) is 11.8 Å². The van der Waals surface area contributed by atoms with Crippen LogP contribution in [0.2, 0.25) is 0 Å². The first-order valence-corrected chi connectivity index (χ1v) is 8.64. The van der Waals surface area contributed by atoms with E-state index in [1.165, 1.54) is 18.4 Å². The number of hydrogen-bond donors (Lipinski definition) is 3. The lowest BCUT2D eigenvalue weighted by atomic mass is 9.89. The summed E-state index contributed by atoms with van der Waals surface area (Å²) in [5.41, 5.74) is 5.55. The molecule has 0 radical (unpaired) electrons. The van der Waals surface area contributed by atoms with Crippen LogP contribution in [-0.2, 0) is 9.59 Å². The summed E-state index contributed by atoms with van der Waals surface area (Å²) >= 11 is 0. The molecule has 2 amide bonds. The van der Waals surface area contributed by atoms with Gasteiger partial charge in [0.15, 0.2) is 0 Å². The van der Waals surface area contributed by atoms with Gasteiger partial charge in [0.1, 0.15) is 0 Å². The Morgan fingerprint density at radius 3 is 2.87 bits per heavy atom. The Hall–Kier alpha value is -1.40. The van der Waals surface area contributed by atoms with Gasteiger partial charge < -0.3 is 16.2 Å². The summed E-state index contributed by atoms with van der Waals surface area (Å²) in [7, 11) is 0. The maximum Gasteiger partial charge on any atom is 0.234 e. The first-order chi connectivity index (χ1) is 11.0. The molecule has 1 atom stereocenters. The van der Waals surface area contributed by atoms with Gasteiger partial charge in [0, 0.05) is 13.1 Å². The van der Waals surface area contributed by atoms with Crippen LogP contribution in [0.5, 0.6) is 0 Å². The van der Waals surface area contributed by atoms with Crippen LogP contribution in [0.3, 0.4) is 0 Å². The summed E-state index contributed by atoms with van der Waals surface area (Å²) in [5.74, 6) is -0.524. The number of nitrogens with one attached hydrogen (secondary N) is 1. The average molecular weight is 323 g/mol. The molecule has 6 heteroatoms. The van der Waals surface area contributed by atoms with E-state index < -0.39 is 11.5 Å². The van der Waals surface area contributed by atoms with Gasteiger partial charge in [-0.1, -0.05) is 11.6 Å². The Kier molecular flexibility index (Phi) is 6.59. The molecule has 4 N–H and O–H groups in total. The summed E-state index contributed by atoms with van der Waals surface area (Å²) in [5, 5.41) is 13.3. The molecule has 2 aliphatic rings. The summed E-state index contributed by atoms with van der Waals surface area (Å²) in [6, 6.07) is 0. The highest BCUT2D eigenvalue weighted by atomic mass is 16.3. The Labute approximate surface area is 138 Å². The number of nitrogens with two attached hydrogens (primary N) is 1. The average Bonchev–Trinajstić information content (AvgIpc) is 2.47. The van der Waals surface area contributed by atoms with E-state index in [9.17, 15) is 14.7 Å². The van der Waals surface area contributed by atoms with Gasteiger partial charge in [0.05, 0.1) is 18.6 Å². The second-order valence-electron chi connectivity index (χ2n) is 6.89. The van der Waals surface area contributed by atoms with Crippen molar-refractivity contribution in [2.75, 3.05) is 26.2 Å². The third-order valence-corrected chi connectivity index (χ3v) is 4.66. The number of carbonyl (C=O) groups excluding carboxylic acids is 2. The molecule has 0 bridgehead atoms. The molecule has 6 nitrogen and oxygen atoms in total. The van der Waals surface area contributed by atoms with Crippen molar-refractivity contribution in [1.29, 1.82) is 0 Å². The Bertz CT molecular complexity index is 464. The lowest BCUT2D eigenvalue weighted by molar-refractivity contribution is -0.127. The normalized spacial score (nSPS) is 25.7. The number of nitrogens with zero attached hydrogens (tertiary/aromatic N) is 1. The zero-order valence-electron chi connectivity index (χ0n) is 13.9. The van der Waals surface area contributed by atoms with Gasteiger partial charge in [-0.15, -0.1) is 0 Å². The molecule has 1 aliphatic carbocycles. The van der Waals surface area contributed by atoms with E-state index in [-0.39, 0.29) is 18.9 Å². The number of rotatable bonds is 7. The number of carbonyl (C=O) groups is 2. The van der Waals surface area contributed by atoms with Gasteiger partial charge >= 0.3 is 0 Å². The Morgan fingerprint density at radius 1 is 1.35 bits per heavy atom. The second-order valence-corrected chi connectivity index (χ2v) is 6.89. The number of aliphatic hydroxyl groups is 1. The van der Waals surface area contributed by atoms with Crippen LogP contribution in [0.15, 0.2) is 11.6 Å². The lowest BCUT2D eigenvalue weighted by Gasteiger charge is -2.38. The fraction of sp³-hybridized carbons (Fsp3) is 0.765. The van der Waals surface area contributed by atoms with E-state index in [0.717, 1.165) is 32.2 Å². The molecule has 1 saturated heterocycles. The number of allylic oxidation sites excluding steroid dienone is 1. The summed E-state index contributed by atoms with van der Waals surface area (Å²) < 4.78 is 0. The van der Waals surface area contributed by atoms with Crippen molar-refractivity contribution >= 4 is 11.8 Å². The minimum atomic E-state index is -1.09. The van der Waals surface area contributed by atoms with Crippen molar-refractivity contribution in [2.45, 2.75) is 57.0 Å². The molecule has 0 saturated carbocycles. The van der Waals surface area contributed by atoms with Crippen LogP contribution < -0.4 is 11.1 Å². The molecule has 1 fully saturated rings. The van der Waals surface area contributed by atoms with Crippen LogP contribution in [0, 0.1) is 0 Å². The topological polar surface area (TPSA) is 95.7 Å². The fourth-order valence-corrected chi connectivity index (χ4v) is 3.56. The zero-order chi connectivity index (χ0) is 16.7. The number of piperidine rings is 1. The maximum absolute atomic E-state index is 12.0. The van der Waals surface area contributed by atoms with Crippen molar-refractivity contribution in [3.8, 4) is 0 Å². The number of likely N-dealkylation sites (tertiary alicyclic amines) is 1. The van der Waals surface area contributed by atoms with Gasteiger partial charge in [-0.05, 0) is 51.5 Å². The number of hydrogen-bond acceptors (Lipinski definition) is 4. The SMILES string of the molecule is NC(=O)CC1(O)CCCN(CC(=O)NCCC2=CCCCC2)C1. The van der Waals surface area contributed by atoms with Crippen LogP contribution in [0.25, 0.3) is 0 Å². The lowest BCUT2D eigenvalue weighted by Crippen LogP contribution is -2.52. The number of β-amino-alcohol motifs (C(OH)–C–C–N with tert-alkyl or cyclic N) is 1. The van der Waals surface area contributed by atoms with E-state index in [0.29, 0.717) is 19.5 Å². The minimum Gasteiger partial charge on any atom is -0.388 e. The predicted molar refractivity (Wildman–Crippen MR) is 88.6 cm³/mol. The molecule has 130 valence electrons. The second kappa shape index (κ2) is 8.45. The molecule has 0 aromatic carbocycles. The quantitative estimate of drug-likeness (QED) is 0.601. The largest absolute Gasteiger partial charge is 0.388 e. The monoisotopic (exact) mass is 323 g/mol.